The summed E-state index contributed by atoms with van der Waals surface area (Å²) in [6, 6.07) is 5.76. The van der Waals surface area contributed by atoms with Crippen molar-refractivity contribution >= 4 is 5.78 Å². The number of ketones is 1. The van der Waals surface area contributed by atoms with Crippen molar-refractivity contribution in [1.82, 2.24) is 4.90 Å². The molecule has 0 amide bonds. The van der Waals surface area contributed by atoms with Crippen molar-refractivity contribution in [3.8, 4) is 0 Å². The smallest absolute Gasteiger partial charge is 0.176 e. The molecule has 1 heterocycles. The van der Waals surface area contributed by atoms with Gasteiger partial charge in [-0.2, -0.15) is 0 Å². The van der Waals surface area contributed by atoms with Crippen LogP contribution in [-0.2, 0) is 0 Å². The lowest BCUT2D eigenvalue weighted by Gasteiger charge is -2.25. The fourth-order valence-electron chi connectivity index (χ4n) is 1.89. The highest BCUT2D eigenvalue weighted by molar-refractivity contribution is 5.97. The van der Waals surface area contributed by atoms with Crippen LogP contribution in [0.4, 0.5) is 4.39 Å². The highest BCUT2D eigenvalue weighted by Gasteiger charge is 2.14. The van der Waals surface area contributed by atoms with Crippen molar-refractivity contribution < 1.29 is 9.18 Å². The summed E-state index contributed by atoms with van der Waals surface area (Å²) in [7, 11) is 0. The van der Waals surface area contributed by atoms with Gasteiger partial charge in [-0.15, -0.1) is 0 Å². The minimum atomic E-state index is -0.302. The van der Waals surface area contributed by atoms with E-state index in [9.17, 15) is 9.18 Å². The molecule has 0 N–H and O–H groups in total. The zero-order chi connectivity index (χ0) is 11.4. The first kappa shape index (κ1) is 11.3. The molecule has 0 saturated carbocycles. The summed E-state index contributed by atoms with van der Waals surface area (Å²) >= 11 is 0. The van der Waals surface area contributed by atoms with Crippen LogP contribution in [-0.4, -0.2) is 30.3 Å². The number of hydrogen-bond donors (Lipinski definition) is 0. The summed E-state index contributed by atoms with van der Waals surface area (Å²) in [5, 5.41) is 0. The number of carbonyl (C=O) groups excluding carboxylic acids is 1. The number of Topliss-reactive ketones (excluding diaryl/α,β-unsaturated/α-hetero) is 1. The van der Waals surface area contributed by atoms with E-state index in [0.717, 1.165) is 25.9 Å². The Morgan fingerprint density at radius 3 is 2.44 bits per heavy atom. The zero-order valence-corrected chi connectivity index (χ0v) is 9.16. The molecular weight excluding hydrogens is 205 g/mol. The second-order valence-corrected chi connectivity index (χ2v) is 4.07. The van der Waals surface area contributed by atoms with Crippen molar-refractivity contribution in [2.45, 2.75) is 12.8 Å². The lowest BCUT2D eigenvalue weighted by Crippen LogP contribution is -2.34. The molecular formula is C13H15FNO. The van der Waals surface area contributed by atoms with Crippen molar-refractivity contribution in [3.63, 3.8) is 0 Å². The molecule has 1 aromatic rings. The molecule has 1 saturated heterocycles. The van der Waals surface area contributed by atoms with Gasteiger partial charge in [-0.3, -0.25) is 9.69 Å². The SMILES string of the molecule is O=C(CN1CC[CH]CC1)c1ccc(F)cc1. The average molecular weight is 220 g/mol. The summed E-state index contributed by atoms with van der Waals surface area (Å²) in [5.41, 5.74) is 0.593. The predicted octanol–water partition coefficient (Wildman–Crippen LogP) is 2.31. The van der Waals surface area contributed by atoms with E-state index >= 15 is 0 Å². The molecule has 0 aliphatic carbocycles. The molecule has 3 heteroatoms. The number of likely N-dealkylation sites (tertiary alicyclic amines) is 1. The van der Waals surface area contributed by atoms with E-state index in [1.54, 1.807) is 12.1 Å². The number of piperidine rings is 1. The van der Waals surface area contributed by atoms with Crippen molar-refractivity contribution in [2.24, 2.45) is 0 Å². The van der Waals surface area contributed by atoms with Crippen LogP contribution in [0.15, 0.2) is 24.3 Å². The van der Waals surface area contributed by atoms with Crippen molar-refractivity contribution in [1.29, 1.82) is 0 Å². The van der Waals surface area contributed by atoms with Gasteiger partial charge >= 0.3 is 0 Å². The van der Waals surface area contributed by atoms with E-state index in [4.69, 9.17) is 0 Å². The highest BCUT2D eigenvalue weighted by Crippen LogP contribution is 2.10. The summed E-state index contributed by atoms with van der Waals surface area (Å²) < 4.78 is 12.7. The summed E-state index contributed by atoms with van der Waals surface area (Å²) in [5.74, 6) is -0.231. The van der Waals surface area contributed by atoms with E-state index < -0.39 is 0 Å². The van der Waals surface area contributed by atoms with Gasteiger partial charge in [-0.1, -0.05) is 0 Å². The first-order chi connectivity index (χ1) is 7.75. The Bertz CT molecular complexity index is 355. The third-order valence-electron chi connectivity index (χ3n) is 2.83. The van der Waals surface area contributed by atoms with Gasteiger partial charge in [-0.05, 0) is 56.6 Å². The van der Waals surface area contributed by atoms with Crippen LogP contribution < -0.4 is 0 Å². The molecule has 2 rings (SSSR count). The van der Waals surface area contributed by atoms with Gasteiger partial charge in [-0.25, -0.2) is 4.39 Å². The second-order valence-electron chi connectivity index (χ2n) is 4.07. The van der Waals surface area contributed by atoms with E-state index in [1.165, 1.54) is 12.1 Å². The molecule has 1 aliphatic heterocycles. The molecule has 0 unspecified atom stereocenters. The normalized spacial score (nSPS) is 17.3. The fraction of sp³-hybridized carbons (Fsp3) is 0.385. The largest absolute Gasteiger partial charge is 0.296 e. The van der Waals surface area contributed by atoms with Gasteiger partial charge in [0.15, 0.2) is 5.78 Å². The first-order valence-corrected chi connectivity index (χ1v) is 5.58. The molecule has 1 aromatic carbocycles. The van der Waals surface area contributed by atoms with Crippen LogP contribution >= 0.6 is 0 Å². The fourth-order valence-corrected chi connectivity index (χ4v) is 1.89. The van der Waals surface area contributed by atoms with Crippen LogP contribution in [0.1, 0.15) is 23.2 Å². The minimum Gasteiger partial charge on any atom is -0.296 e. The van der Waals surface area contributed by atoms with Gasteiger partial charge in [0.05, 0.1) is 6.54 Å². The molecule has 0 bridgehead atoms. The van der Waals surface area contributed by atoms with Crippen LogP contribution in [0.25, 0.3) is 0 Å². The van der Waals surface area contributed by atoms with Gasteiger partial charge in [0, 0.05) is 5.56 Å². The van der Waals surface area contributed by atoms with Gasteiger partial charge in [0.1, 0.15) is 5.82 Å². The minimum absolute atomic E-state index is 0.0712. The van der Waals surface area contributed by atoms with E-state index in [-0.39, 0.29) is 11.6 Å². The quantitative estimate of drug-likeness (QED) is 0.728. The Morgan fingerprint density at radius 2 is 1.81 bits per heavy atom. The maximum atomic E-state index is 12.7. The Kier molecular flexibility index (Phi) is 3.67. The first-order valence-electron chi connectivity index (χ1n) is 5.58. The third-order valence-corrected chi connectivity index (χ3v) is 2.83. The number of rotatable bonds is 3. The van der Waals surface area contributed by atoms with Crippen molar-refractivity contribution in [2.75, 3.05) is 19.6 Å². The lowest BCUT2D eigenvalue weighted by molar-refractivity contribution is 0.0924. The van der Waals surface area contributed by atoms with Crippen LogP contribution in [0, 0.1) is 12.2 Å². The van der Waals surface area contributed by atoms with Gasteiger partial charge in [0.25, 0.3) is 0 Å². The predicted molar refractivity (Wildman–Crippen MR) is 60.7 cm³/mol. The van der Waals surface area contributed by atoms with Gasteiger partial charge in [0.2, 0.25) is 0 Å². The number of halogens is 1. The molecule has 0 spiro atoms. The van der Waals surface area contributed by atoms with Crippen molar-refractivity contribution in [3.05, 3.63) is 42.1 Å². The lowest BCUT2D eigenvalue weighted by atomic mass is 10.1. The number of hydrogen-bond acceptors (Lipinski definition) is 2. The molecule has 16 heavy (non-hydrogen) atoms. The van der Waals surface area contributed by atoms with Gasteiger partial charge < -0.3 is 0 Å². The molecule has 1 fully saturated rings. The molecule has 0 atom stereocenters. The van der Waals surface area contributed by atoms with E-state index in [0.29, 0.717) is 12.1 Å². The number of benzene rings is 1. The topological polar surface area (TPSA) is 20.3 Å². The van der Waals surface area contributed by atoms with E-state index in [1.807, 2.05) is 0 Å². The standard InChI is InChI=1S/C13H15FNO/c14-12-6-4-11(5-7-12)13(16)10-15-8-2-1-3-9-15/h1,4-7H,2-3,8-10H2. The Morgan fingerprint density at radius 1 is 1.19 bits per heavy atom. The Labute approximate surface area is 95.1 Å². The van der Waals surface area contributed by atoms with Crippen LogP contribution in [0.3, 0.4) is 0 Å². The summed E-state index contributed by atoms with van der Waals surface area (Å²) in [6.07, 6.45) is 4.35. The third kappa shape index (κ3) is 2.89. The molecule has 1 radical (unpaired) electrons. The Hall–Kier alpha value is -1.22. The maximum absolute atomic E-state index is 12.7. The summed E-state index contributed by atoms with van der Waals surface area (Å²) in [6.45, 7) is 2.35. The molecule has 1 aliphatic rings. The molecule has 2 nitrogen and oxygen atoms in total. The van der Waals surface area contributed by atoms with E-state index in [2.05, 4.69) is 11.3 Å². The maximum Gasteiger partial charge on any atom is 0.176 e. The molecule has 85 valence electrons. The number of carbonyl (C=O) groups is 1. The highest BCUT2D eigenvalue weighted by atomic mass is 19.1. The summed E-state index contributed by atoms with van der Waals surface area (Å²) in [4.78, 5) is 14.0. The van der Waals surface area contributed by atoms with Crippen LogP contribution in [0.5, 0.6) is 0 Å². The number of nitrogens with zero attached hydrogens (tertiary/aromatic N) is 1. The van der Waals surface area contributed by atoms with Crippen LogP contribution in [0.2, 0.25) is 0 Å². The zero-order valence-electron chi connectivity index (χ0n) is 9.16. The average Bonchev–Trinajstić information content (AvgIpc) is 2.31. The molecule has 0 aromatic heterocycles. The monoisotopic (exact) mass is 220 g/mol. The Balaban J connectivity index is 1.94. The second kappa shape index (κ2) is 5.21.